The first-order valence-corrected chi connectivity index (χ1v) is 17.2. The molecule has 246 valence electrons. The zero-order chi connectivity index (χ0) is 35.5. The lowest BCUT2D eigenvalue weighted by Crippen LogP contribution is -2.00. The number of rotatable bonds is 5. The van der Waals surface area contributed by atoms with Crippen molar-refractivity contribution >= 4 is 55.0 Å². The molecule has 0 radical (unpaired) electrons. The predicted octanol–water partition coefficient (Wildman–Crippen LogP) is 11.9. The van der Waals surface area contributed by atoms with Crippen LogP contribution in [0, 0.1) is 13.1 Å². The molecule has 7 nitrogen and oxygen atoms in total. The van der Waals surface area contributed by atoms with Gasteiger partial charge in [0, 0.05) is 44.0 Å². The van der Waals surface area contributed by atoms with Gasteiger partial charge in [-0.1, -0.05) is 108 Å². The molecule has 0 unspecified atom stereocenters. The molecule has 0 fully saturated rings. The molecule has 7 heteroatoms. The molecule has 0 bridgehead atoms. The number of para-hydroxylation sites is 3. The number of benzene rings is 7. The molecule has 10 rings (SSSR count). The van der Waals surface area contributed by atoms with E-state index in [4.69, 9.17) is 13.1 Å². The minimum atomic E-state index is 0.557. The van der Waals surface area contributed by atoms with Gasteiger partial charge in [0.1, 0.15) is 11.4 Å². The molecule has 0 aliphatic rings. The highest BCUT2D eigenvalue weighted by Gasteiger charge is 2.21. The van der Waals surface area contributed by atoms with Gasteiger partial charge in [-0.2, -0.15) is 0 Å². The van der Waals surface area contributed by atoms with Gasteiger partial charge < -0.3 is 9.13 Å². The van der Waals surface area contributed by atoms with Crippen molar-refractivity contribution in [3.63, 3.8) is 0 Å². The molecule has 0 aliphatic heterocycles. The number of hydrogen-bond donors (Lipinski definition) is 0. The van der Waals surface area contributed by atoms with Crippen LogP contribution in [0.25, 0.3) is 92.9 Å². The molecule has 0 amide bonds. The third kappa shape index (κ3) is 4.73. The van der Waals surface area contributed by atoms with Gasteiger partial charge in [0.05, 0.1) is 40.9 Å². The summed E-state index contributed by atoms with van der Waals surface area (Å²) in [4.78, 5) is 7.14. The van der Waals surface area contributed by atoms with Gasteiger partial charge in [-0.15, -0.1) is 5.10 Å². The Balaban J connectivity index is 1.18. The molecule has 0 saturated heterocycles. The van der Waals surface area contributed by atoms with E-state index in [9.17, 15) is 0 Å². The molecular formula is C46H27N7. The Bertz CT molecular complexity index is 3000. The van der Waals surface area contributed by atoms with Gasteiger partial charge in [0.25, 0.3) is 0 Å². The van der Waals surface area contributed by atoms with Crippen LogP contribution in [0.2, 0.25) is 0 Å². The van der Waals surface area contributed by atoms with E-state index in [1.165, 1.54) is 21.8 Å². The van der Waals surface area contributed by atoms with Crippen LogP contribution in [0.3, 0.4) is 0 Å². The highest BCUT2D eigenvalue weighted by atomic mass is 15.4. The van der Waals surface area contributed by atoms with Crippen molar-refractivity contribution < 1.29 is 0 Å². The summed E-state index contributed by atoms with van der Waals surface area (Å²) in [6.45, 7) is 14.9. The maximum absolute atomic E-state index is 7.43. The molecule has 0 aliphatic carbocycles. The summed E-state index contributed by atoms with van der Waals surface area (Å²) in [5, 5.41) is 14.0. The lowest BCUT2D eigenvalue weighted by atomic mass is 10.0. The first kappa shape index (κ1) is 30.1. The SMILES string of the molecule is [C-]#[N+]c1ccc(-c2nnn(-c3ccc([N+]#[C-])cc3)c2-c2ccc3c(c2)c2ccccc2n3-c2cccc(-n3c4ccccc4c4ccccc43)c2)cc1. The minimum absolute atomic E-state index is 0.557. The molecule has 0 atom stereocenters. The van der Waals surface area contributed by atoms with Crippen LogP contribution in [-0.2, 0) is 0 Å². The van der Waals surface area contributed by atoms with E-state index < -0.39 is 0 Å². The summed E-state index contributed by atoms with van der Waals surface area (Å²) in [6, 6.07) is 55.8. The van der Waals surface area contributed by atoms with Crippen LogP contribution in [0.1, 0.15) is 0 Å². The summed E-state index contributed by atoms with van der Waals surface area (Å²) in [6.07, 6.45) is 0. The van der Waals surface area contributed by atoms with Gasteiger partial charge in [0.15, 0.2) is 11.4 Å². The molecule has 0 spiro atoms. The van der Waals surface area contributed by atoms with Crippen LogP contribution in [0.4, 0.5) is 11.4 Å². The van der Waals surface area contributed by atoms with Crippen LogP contribution in [0.15, 0.2) is 164 Å². The summed E-state index contributed by atoms with van der Waals surface area (Å²) >= 11 is 0. The fraction of sp³-hybridized carbons (Fsp3) is 0. The Hall–Kier alpha value is -7.74. The monoisotopic (exact) mass is 677 g/mol. The standard InChI is InChI=1S/C46H27N7/c1-47-32-21-18-30(19-22-32)45-46(53(50-49-45)34-25-23-33(48-2)24-26-34)31-20-27-44-40(28-31)39-14-5-8-17-43(39)52(44)36-11-9-10-35(29-36)51-41-15-6-3-12-37(41)38-13-4-7-16-42(38)51/h3-29H. The van der Waals surface area contributed by atoms with E-state index in [-0.39, 0.29) is 0 Å². The highest BCUT2D eigenvalue weighted by Crippen LogP contribution is 2.39. The Morgan fingerprint density at radius 2 is 0.906 bits per heavy atom. The van der Waals surface area contributed by atoms with Crippen molar-refractivity contribution in [2.75, 3.05) is 0 Å². The molecule has 3 aromatic heterocycles. The molecule has 3 heterocycles. The third-order valence-electron chi connectivity index (χ3n) is 10.0. The zero-order valence-electron chi connectivity index (χ0n) is 28.2. The van der Waals surface area contributed by atoms with E-state index in [1.807, 2.05) is 28.9 Å². The van der Waals surface area contributed by atoms with Gasteiger partial charge >= 0.3 is 0 Å². The van der Waals surface area contributed by atoms with Crippen LogP contribution >= 0.6 is 0 Å². The minimum Gasteiger partial charge on any atom is -0.309 e. The van der Waals surface area contributed by atoms with Crippen LogP contribution in [0.5, 0.6) is 0 Å². The maximum Gasteiger partial charge on any atom is 0.187 e. The largest absolute Gasteiger partial charge is 0.309 e. The highest BCUT2D eigenvalue weighted by molar-refractivity contribution is 6.11. The molecule has 0 saturated carbocycles. The van der Waals surface area contributed by atoms with E-state index in [1.54, 1.807) is 24.3 Å². The normalized spacial score (nSPS) is 11.4. The fourth-order valence-corrected chi connectivity index (χ4v) is 7.65. The molecule has 0 N–H and O–H groups in total. The quantitative estimate of drug-likeness (QED) is 0.170. The van der Waals surface area contributed by atoms with Crippen molar-refractivity contribution in [1.29, 1.82) is 0 Å². The predicted molar refractivity (Wildman–Crippen MR) is 213 cm³/mol. The van der Waals surface area contributed by atoms with Gasteiger partial charge in [-0.05, 0) is 60.7 Å². The Kier molecular flexibility index (Phi) is 6.79. The van der Waals surface area contributed by atoms with Crippen LogP contribution in [-0.4, -0.2) is 24.1 Å². The summed E-state index contributed by atoms with van der Waals surface area (Å²) in [7, 11) is 0. The number of fused-ring (bicyclic) bond motifs is 6. The van der Waals surface area contributed by atoms with E-state index in [2.05, 4.69) is 144 Å². The van der Waals surface area contributed by atoms with Crippen molar-refractivity contribution in [3.8, 4) is 39.6 Å². The lowest BCUT2D eigenvalue weighted by Gasteiger charge is -2.13. The number of nitrogens with zero attached hydrogens (tertiary/aromatic N) is 7. The zero-order valence-corrected chi connectivity index (χ0v) is 28.2. The van der Waals surface area contributed by atoms with Crippen molar-refractivity contribution in [2.45, 2.75) is 0 Å². The average Bonchev–Trinajstić information content (AvgIpc) is 3.91. The maximum atomic E-state index is 7.43. The summed E-state index contributed by atoms with van der Waals surface area (Å²) in [5.41, 5.74) is 11.9. The van der Waals surface area contributed by atoms with Gasteiger partial charge in [-0.25, -0.2) is 14.4 Å². The second kappa shape index (κ2) is 11.9. The van der Waals surface area contributed by atoms with Crippen molar-refractivity contribution in [2.24, 2.45) is 0 Å². The second-order valence-electron chi connectivity index (χ2n) is 13.0. The van der Waals surface area contributed by atoms with E-state index >= 15 is 0 Å². The summed E-state index contributed by atoms with van der Waals surface area (Å²) in [5.74, 6) is 0. The Morgan fingerprint density at radius 1 is 0.415 bits per heavy atom. The van der Waals surface area contributed by atoms with E-state index in [0.717, 1.165) is 55.7 Å². The van der Waals surface area contributed by atoms with Crippen molar-refractivity contribution in [3.05, 3.63) is 187 Å². The second-order valence-corrected chi connectivity index (χ2v) is 13.0. The molecular weight excluding hydrogens is 651 g/mol. The molecule has 53 heavy (non-hydrogen) atoms. The smallest absolute Gasteiger partial charge is 0.187 e. The fourth-order valence-electron chi connectivity index (χ4n) is 7.65. The van der Waals surface area contributed by atoms with Crippen molar-refractivity contribution in [1.82, 2.24) is 24.1 Å². The third-order valence-corrected chi connectivity index (χ3v) is 10.0. The van der Waals surface area contributed by atoms with Crippen LogP contribution < -0.4 is 0 Å². The van der Waals surface area contributed by atoms with Gasteiger partial charge in [-0.3, -0.25) is 0 Å². The topological polar surface area (TPSA) is 49.3 Å². The number of hydrogen-bond acceptors (Lipinski definition) is 2. The lowest BCUT2D eigenvalue weighted by molar-refractivity contribution is 0.809. The first-order valence-electron chi connectivity index (χ1n) is 17.2. The summed E-state index contributed by atoms with van der Waals surface area (Å²) < 4.78 is 6.53. The molecule has 10 aromatic rings. The van der Waals surface area contributed by atoms with E-state index in [0.29, 0.717) is 17.1 Å². The molecule has 7 aromatic carbocycles. The first-order chi connectivity index (χ1) is 26.2. The van der Waals surface area contributed by atoms with Gasteiger partial charge in [0.2, 0.25) is 0 Å². The Labute approximate surface area is 304 Å². The Morgan fingerprint density at radius 3 is 1.47 bits per heavy atom. The number of aromatic nitrogens is 5. The average molecular weight is 678 g/mol.